The van der Waals surface area contributed by atoms with Crippen LogP contribution >= 0.6 is 0 Å². The third-order valence-corrected chi connectivity index (χ3v) is 3.71. The number of carbonyl (C=O) groups excluding carboxylic acids is 2. The molecule has 0 saturated carbocycles. The summed E-state index contributed by atoms with van der Waals surface area (Å²) >= 11 is 0. The second kappa shape index (κ2) is 5.90. The molecule has 20 heavy (non-hydrogen) atoms. The number of carbonyl (C=O) groups is 2. The van der Waals surface area contributed by atoms with Gasteiger partial charge in [-0.15, -0.1) is 0 Å². The van der Waals surface area contributed by atoms with Crippen LogP contribution in [0.5, 0.6) is 0 Å². The van der Waals surface area contributed by atoms with Crippen molar-refractivity contribution in [2.75, 3.05) is 0 Å². The molecule has 0 bridgehead atoms. The summed E-state index contributed by atoms with van der Waals surface area (Å²) in [6.07, 6.45) is 1.13. The van der Waals surface area contributed by atoms with Gasteiger partial charge in [0.15, 0.2) is 5.78 Å². The molecule has 2 rings (SSSR count). The number of rotatable bonds is 4. The van der Waals surface area contributed by atoms with Crippen LogP contribution in [0.3, 0.4) is 0 Å². The highest BCUT2D eigenvalue weighted by atomic mass is 16.3. The number of amides is 1. The van der Waals surface area contributed by atoms with E-state index in [-0.39, 0.29) is 23.0 Å². The van der Waals surface area contributed by atoms with E-state index in [2.05, 4.69) is 5.32 Å². The number of benzene rings is 1. The number of aliphatic hydroxyl groups excluding tert-OH is 1. The lowest BCUT2D eigenvalue weighted by Gasteiger charge is -2.09. The third kappa shape index (κ3) is 2.74. The molecule has 1 saturated heterocycles. The fourth-order valence-corrected chi connectivity index (χ4v) is 2.26. The van der Waals surface area contributed by atoms with Crippen molar-refractivity contribution in [3.63, 3.8) is 0 Å². The van der Waals surface area contributed by atoms with Gasteiger partial charge in [-0.3, -0.25) is 9.59 Å². The predicted octanol–water partition coefficient (Wildman–Crippen LogP) is 2.15. The largest absolute Gasteiger partial charge is 0.511 e. The minimum Gasteiger partial charge on any atom is -0.511 e. The van der Waals surface area contributed by atoms with Crippen LogP contribution in [-0.4, -0.2) is 22.8 Å². The van der Waals surface area contributed by atoms with Crippen LogP contribution in [0.4, 0.5) is 0 Å². The van der Waals surface area contributed by atoms with E-state index >= 15 is 0 Å². The molecule has 4 heteroatoms. The monoisotopic (exact) mass is 273 g/mol. The van der Waals surface area contributed by atoms with Gasteiger partial charge in [-0.1, -0.05) is 44.2 Å². The van der Waals surface area contributed by atoms with Crippen LogP contribution in [0.15, 0.2) is 41.7 Å². The van der Waals surface area contributed by atoms with E-state index in [1.54, 1.807) is 6.92 Å². The van der Waals surface area contributed by atoms with Gasteiger partial charge >= 0.3 is 0 Å². The SMILES string of the molecule is CC[C@H](C)/C(O)=C1/C(=O)N[C@@H](Cc2ccccc2)C1=O. The van der Waals surface area contributed by atoms with Gasteiger partial charge in [0.2, 0.25) is 0 Å². The predicted molar refractivity (Wildman–Crippen MR) is 76.2 cm³/mol. The topological polar surface area (TPSA) is 66.4 Å². The smallest absolute Gasteiger partial charge is 0.259 e. The van der Waals surface area contributed by atoms with E-state index in [4.69, 9.17) is 0 Å². The molecule has 1 aromatic carbocycles. The maximum Gasteiger partial charge on any atom is 0.259 e. The number of aliphatic hydroxyl groups is 1. The van der Waals surface area contributed by atoms with Gasteiger partial charge in [0, 0.05) is 12.3 Å². The van der Waals surface area contributed by atoms with Crippen LogP contribution in [0.1, 0.15) is 25.8 Å². The molecule has 2 atom stereocenters. The molecular formula is C16H19NO3. The Bertz CT molecular complexity index is 548. The van der Waals surface area contributed by atoms with Crippen molar-refractivity contribution in [1.82, 2.24) is 5.32 Å². The minimum absolute atomic E-state index is 0.0692. The number of ketones is 1. The molecule has 106 valence electrons. The van der Waals surface area contributed by atoms with Gasteiger partial charge in [0.25, 0.3) is 5.91 Å². The quantitative estimate of drug-likeness (QED) is 0.502. The Hall–Kier alpha value is -2.10. The first-order valence-electron chi connectivity index (χ1n) is 6.86. The highest BCUT2D eigenvalue weighted by Gasteiger charge is 2.38. The van der Waals surface area contributed by atoms with Crippen molar-refractivity contribution < 1.29 is 14.7 Å². The lowest BCUT2D eigenvalue weighted by molar-refractivity contribution is -0.117. The maximum absolute atomic E-state index is 12.3. The summed E-state index contributed by atoms with van der Waals surface area (Å²) in [6.45, 7) is 3.70. The second-order valence-corrected chi connectivity index (χ2v) is 5.15. The molecule has 1 aliphatic heterocycles. The first-order valence-corrected chi connectivity index (χ1v) is 6.86. The van der Waals surface area contributed by atoms with Crippen LogP contribution in [-0.2, 0) is 16.0 Å². The lowest BCUT2D eigenvalue weighted by Crippen LogP contribution is -2.31. The summed E-state index contributed by atoms with van der Waals surface area (Å²) in [7, 11) is 0. The number of hydrogen-bond acceptors (Lipinski definition) is 3. The molecule has 0 unspecified atom stereocenters. The molecule has 1 aliphatic rings. The molecule has 4 nitrogen and oxygen atoms in total. The summed E-state index contributed by atoms with van der Waals surface area (Å²) in [5, 5.41) is 12.7. The molecule has 0 spiro atoms. The number of allylic oxidation sites excluding steroid dienone is 1. The molecule has 0 aliphatic carbocycles. The van der Waals surface area contributed by atoms with Crippen LogP contribution in [0.25, 0.3) is 0 Å². The highest BCUT2D eigenvalue weighted by molar-refractivity contribution is 6.26. The summed E-state index contributed by atoms with van der Waals surface area (Å²) < 4.78 is 0. The van der Waals surface area contributed by atoms with Gasteiger partial charge in [0.1, 0.15) is 11.3 Å². The Kier molecular flexibility index (Phi) is 4.23. The number of hydrogen-bond donors (Lipinski definition) is 2. The average Bonchev–Trinajstić information content (AvgIpc) is 2.73. The average molecular weight is 273 g/mol. The Morgan fingerprint density at radius 1 is 1.30 bits per heavy atom. The number of nitrogens with one attached hydrogen (secondary N) is 1. The van der Waals surface area contributed by atoms with E-state index < -0.39 is 11.9 Å². The zero-order valence-corrected chi connectivity index (χ0v) is 11.7. The first-order chi connectivity index (χ1) is 9.54. The van der Waals surface area contributed by atoms with E-state index in [9.17, 15) is 14.7 Å². The second-order valence-electron chi connectivity index (χ2n) is 5.15. The van der Waals surface area contributed by atoms with Crippen molar-refractivity contribution >= 4 is 11.7 Å². The van der Waals surface area contributed by atoms with Crippen LogP contribution < -0.4 is 5.32 Å². The highest BCUT2D eigenvalue weighted by Crippen LogP contribution is 2.22. The zero-order chi connectivity index (χ0) is 14.7. The molecule has 1 fully saturated rings. The van der Waals surface area contributed by atoms with Crippen LogP contribution in [0.2, 0.25) is 0 Å². The van der Waals surface area contributed by atoms with E-state index in [1.165, 1.54) is 0 Å². The van der Waals surface area contributed by atoms with Crippen LogP contribution in [0, 0.1) is 5.92 Å². The standard InChI is InChI=1S/C16H19NO3/c1-3-10(2)14(18)13-15(19)12(17-16(13)20)9-11-7-5-4-6-8-11/h4-8,10,12,18H,3,9H2,1-2H3,(H,17,20)/b14-13-/t10-,12-/m0/s1. The van der Waals surface area contributed by atoms with Gasteiger partial charge < -0.3 is 10.4 Å². The molecule has 0 aromatic heterocycles. The van der Waals surface area contributed by atoms with Gasteiger partial charge in [-0.25, -0.2) is 0 Å². The van der Waals surface area contributed by atoms with E-state index in [0.29, 0.717) is 12.8 Å². The summed E-state index contributed by atoms with van der Waals surface area (Å²) in [4.78, 5) is 24.2. The number of Topliss-reactive ketones (excluding diaryl/α,β-unsaturated/α-hetero) is 1. The van der Waals surface area contributed by atoms with Crippen molar-refractivity contribution in [2.45, 2.75) is 32.7 Å². The fourth-order valence-electron chi connectivity index (χ4n) is 2.26. The molecule has 1 heterocycles. The van der Waals surface area contributed by atoms with E-state index in [0.717, 1.165) is 5.56 Å². The Labute approximate surface area is 118 Å². The summed E-state index contributed by atoms with van der Waals surface area (Å²) in [5.41, 5.74) is 0.913. The summed E-state index contributed by atoms with van der Waals surface area (Å²) in [5.74, 6) is -1.05. The summed E-state index contributed by atoms with van der Waals surface area (Å²) in [6, 6.07) is 8.93. The van der Waals surface area contributed by atoms with E-state index in [1.807, 2.05) is 37.3 Å². The molecule has 0 radical (unpaired) electrons. The zero-order valence-electron chi connectivity index (χ0n) is 11.7. The molecule has 1 amide bonds. The lowest BCUT2D eigenvalue weighted by atomic mass is 9.97. The van der Waals surface area contributed by atoms with Crippen molar-refractivity contribution in [3.05, 3.63) is 47.2 Å². The fraction of sp³-hybridized carbons (Fsp3) is 0.375. The molecule has 1 aromatic rings. The van der Waals surface area contributed by atoms with Gasteiger partial charge in [-0.2, -0.15) is 0 Å². The minimum atomic E-state index is -0.578. The van der Waals surface area contributed by atoms with Crippen molar-refractivity contribution in [3.8, 4) is 0 Å². The van der Waals surface area contributed by atoms with Crippen molar-refractivity contribution in [2.24, 2.45) is 5.92 Å². The Balaban J connectivity index is 2.21. The Morgan fingerprint density at radius 3 is 2.55 bits per heavy atom. The normalized spacial score (nSPS) is 22.6. The van der Waals surface area contributed by atoms with Crippen molar-refractivity contribution in [1.29, 1.82) is 0 Å². The first kappa shape index (κ1) is 14.3. The molecular weight excluding hydrogens is 254 g/mol. The third-order valence-electron chi connectivity index (χ3n) is 3.71. The van der Waals surface area contributed by atoms with Gasteiger partial charge in [0.05, 0.1) is 6.04 Å². The maximum atomic E-state index is 12.3. The van der Waals surface area contributed by atoms with Gasteiger partial charge in [-0.05, 0) is 12.0 Å². The molecule has 2 N–H and O–H groups in total. The Morgan fingerprint density at radius 2 is 1.95 bits per heavy atom.